The predicted molar refractivity (Wildman–Crippen MR) is 101 cm³/mol. The molecule has 2 aromatic rings. The van der Waals surface area contributed by atoms with E-state index in [1.54, 1.807) is 0 Å². The Balaban J connectivity index is 1.53. The number of amides is 2. The zero-order valence-electron chi connectivity index (χ0n) is 15.5. The van der Waals surface area contributed by atoms with Crippen LogP contribution >= 0.6 is 0 Å². The molecule has 2 aliphatic rings. The van der Waals surface area contributed by atoms with Gasteiger partial charge in [0.05, 0.1) is 12.5 Å². The number of aromatic nitrogens is 1. The van der Waals surface area contributed by atoms with Gasteiger partial charge in [0, 0.05) is 54.8 Å². The van der Waals surface area contributed by atoms with E-state index in [1.165, 1.54) is 27.7 Å². The highest BCUT2D eigenvalue weighted by molar-refractivity contribution is 5.90. The molecule has 3 heterocycles. The third-order valence-electron chi connectivity index (χ3n) is 5.79. The number of H-pyrrole nitrogens is 1. The van der Waals surface area contributed by atoms with Crippen LogP contribution in [0.4, 0.5) is 0 Å². The highest BCUT2D eigenvalue weighted by Crippen LogP contribution is 2.29. The van der Waals surface area contributed by atoms with Crippen molar-refractivity contribution in [3.63, 3.8) is 0 Å². The number of rotatable bonds is 3. The lowest BCUT2D eigenvalue weighted by Gasteiger charge is -2.35. The maximum atomic E-state index is 12.9. The fraction of sp³-hybridized carbons (Fsp3) is 0.500. The zero-order chi connectivity index (χ0) is 18.3. The number of hydrogen-bond donors (Lipinski definition) is 2. The number of nitrogens with zero attached hydrogens (tertiary/aromatic N) is 2. The van der Waals surface area contributed by atoms with Gasteiger partial charge in [0.15, 0.2) is 0 Å². The SMILES string of the molecule is CCN1CCNC(=O)C1CC(=O)N1CCc2[nH]c3c(C)cccc3c2C1. The summed E-state index contributed by atoms with van der Waals surface area (Å²) in [5, 5.41) is 4.10. The molecule has 1 fully saturated rings. The number of benzene rings is 1. The van der Waals surface area contributed by atoms with Crippen LogP contribution in [0.1, 0.15) is 30.2 Å². The molecular formula is C20H26N4O2. The number of aromatic amines is 1. The van der Waals surface area contributed by atoms with E-state index in [4.69, 9.17) is 0 Å². The van der Waals surface area contributed by atoms with Crippen molar-refractivity contribution in [2.75, 3.05) is 26.2 Å². The Kier molecular flexibility index (Phi) is 4.44. The molecule has 1 atom stereocenters. The number of carbonyl (C=O) groups is 2. The van der Waals surface area contributed by atoms with Crippen LogP contribution in [0.25, 0.3) is 10.9 Å². The average Bonchev–Trinajstić information content (AvgIpc) is 3.02. The molecule has 26 heavy (non-hydrogen) atoms. The van der Waals surface area contributed by atoms with E-state index < -0.39 is 0 Å². The molecule has 2 amide bonds. The first-order chi connectivity index (χ1) is 12.6. The first kappa shape index (κ1) is 17.1. The first-order valence-corrected chi connectivity index (χ1v) is 9.47. The molecule has 0 bridgehead atoms. The Morgan fingerprint density at radius 1 is 1.31 bits per heavy atom. The summed E-state index contributed by atoms with van der Waals surface area (Å²) >= 11 is 0. The molecule has 0 spiro atoms. The van der Waals surface area contributed by atoms with Gasteiger partial charge < -0.3 is 15.2 Å². The normalized spacial score (nSPS) is 20.9. The van der Waals surface area contributed by atoms with Gasteiger partial charge in [0.2, 0.25) is 11.8 Å². The van der Waals surface area contributed by atoms with Crippen molar-refractivity contribution in [1.29, 1.82) is 0 Å². The minimum Gasteiger partial charge on any atom is -0.358 e. The third kappa shape index (κ3) is 2.88. The van der Waals surface area contributed by atoms with E-state index in [1.807, 2.05) is 11.8 Å². The van der Waals surface area contributed by atoms with Gasteiger partial charge in [-0.15, -0.1) is 0 Å². The molecule has 1 saturated heterocycles. The molecule has 6 heteroatoms. The Hall–Kier alpha value is -2.34. The van der Waals surface area contributed by atoms with Crippen LogP contribution in [0.15, 0.2) is 18.2 Å². The Morgan fingerprint density at radius 2 is 2.15 bits per heavy atom. The van der Waals surface area contributed by atoms with Gasteiger partial charge in [0.1, 0.15) is 0 Å². The molecule has 0 saturated carbocycles. The lowest BCUT2D eigenvalue weighted by atomic mass is 10.0. The second-order valence-corrected chi connectivity index (χ2v) is 7.28. The molecule has 2 aliphatic heterocycles. The van der Waals surface area contributed by atoms with Crippen molar-refractivity contribution in [2.45, 2.75) is 39.3 Å². The Bertz CT molecular complexity index is 857. The van der Waals surface area contributed by atoms with Crippen molar-refractivity contribution in [3.8, 4) is 0 Å². The van der Waals surface area contributed by atoms with Gasteiger partial charge in [-0.25, -0.2) is 0 Å². The van der Waals surface area contributed by atoms with Gasteiger partial charge in [0.25, 0.3) is 0 Å². The molecule has 1 unspecified atom stereocenters. The summed E-state index contributed by atoms with van der Waals surface area (Å²) in [4.78, 5) is 32.7. The van der Waals surface area contributed by atoms with Crippen LogP contribution < -0.4 is 5.32 Å². The zero-order valence-corrected chi connectivity index (χ0v) is 15.5. The van der Waals surface area contributed by atoms with Crippen LogP contribution in [-0.2, 0) is 22.6 Å². The van der Waals surface area contributed by atoms with Gasteiger partial charge in [-0.1, -0.05) is 25.1 Å². The molecule has 0 aliphatic carbocycles. The molecule has 1 aromatic carbocycles. The number of likely N-dealkylation sites (N-methyl/N-ethyl adjacent to an activating group) is 1. The van der Waals surface area contributed by atoms with Gasteiger partial charge in [-0.2, -0.15) is 0 Å². The number of carbonyl (C=O) groups excluding carboxylic acids is 2. The standard InChI is InChI=1S/C20H26N4O2/c1-3-23-10-8-21-20(26)17(23)11-18(25)24-9-7-16-15(12-24)14-6-4-5-13(2)19(14)22-16/h4-6,17,22H,3,7-12H2,1-2H3,(H,21,26). The molecule has 1 aromatic heterocycles. The number of fused-ring (bicyclic) bond motifs is 3. The lowest BCUT2D eigenvalue weighted by molar-refractivity contribution is -0.139. The van der Waals surface area contributed by atoms with Crippen molar-refractivity contribution in [2.24, 2.45) is 0 Å². The second kappa shape index (κ2) is 6.76. The Labute approximate surface area is 153 Å². The highest BCUT2D eigenvalue weighted by Gasteiger charge is 2.33. The number of piperazine rings is 1. The molecule has 0 radical (unpaired) electrons. The fourth-order valence-electron chi connectivity index (χ4n) is 4.25. The summed E-state index contributed by atoms with van der Waals surface area (Å²) in [6.45, 7) is 7.74. The number of aryl methyl sites for hydroxylation is 1. The van der Waals surface area contributed by atoms with Crippen LogP contribution in [0.2, 0.25) is 0 Å². The molecule has 138 valence electrons. The monoisotopic (exact) mass is 354 g/mol. The smallest absolute Gasteiger partial charge is 0.237 e. The van der Waals surface area contributed by atoms with Crippen molar-refractivity contribution in [1.82, 2.24) is 20.1 Å². The largest absolute Gasteiger partial charge is 0.358 e. The summed E-state index contributed by atoms with van der Waals surface area (Å²) in [7, 11) is 0. The first-order valence-electron chi connectivity index (χ1n) is 9.47. The summed E-state index contributed by atoms with van der Waals surface area (Å²) in [6.07, 6.45) is 1.10. The maximum Gasteiger partial charge on any atom is 0.237 e. The van der Waals surface area contributed by atoms with Crippen LogP contribution in [0.5, 0.6) is 0 Å². The topological polar surface area (TPSA) is 68.4 Å². The summed E-state index contributed by atoms with van der Waals surface area (Å²) < 4.78 is 0. The van der Waals surface area contributed by atoms with Crippen LogP contribution in [-0.4, -0.2) is 58.8 Å². The van der Waals surface area contributed by atoms with E-state index in [9.17, 15) is 9.59 Å². The van der Waals surface area contributed by atoms with E-state index in [0.29, 0.717) is 19.6 Å². The minimum absolute atomic E-state index is 0.0214. The van der Waals surface area contributed by atoms with Gasteiger partial charge in [-0.05, 0) is 19.0 Å². The third-order valence-corrected chi connectivity index (χ3v) is 5.79. The quantitative estimate of drug-likeness (QED) is 0.879. The maximum absolute atomic E-state index is 12.9. The van der Waals surface area contributed by atoms with E-state index >= 15 is 0 Å². The predicted octanol–water partition coefficient (Wildman–Crippen LogP) is 1.57. The van der Waals surface area contributed by atoms with Crippen molar-refractivity contribution >= 4 is 22.7 Å². The Morgan fingerprint density at radius 3 is 2.96 bits per heavy atom. The van der Waals surface area contributed by atoms with Gasteiger partial charge in [-0.3, -0.25) is 14.5 Å². The summed E-state index contributed by atoms with van der Waals surface area (Å²) in [5.41, 5.74) is 4.87. The average molecular weight is 354 g/mol. The number of hydrogen-bond acceptors (Lipinski definition) is 3. The molecular weight excluding hydrogens is 328 g/mol. The fourth-order valence-corrected chi connectivity index (χ4v) is 4.25. The van der Waals surface area contributed by atoms with E-state index in [2.05, 4.69) is 40.3 Å². The van der Waals surface area contributed by atoms with Crippen molar-refractivity contribution in [3.05, 3.63) is 35.0 Å². The summed E-state index contributed by atoms with van der Waals surface area (Å²) in [6, 6.07) is 5.96. The van der Waals surface area contributed by atoms with Gasteiger partial charge >= 0.3 is 0 Å². The van der Waals surface area contributed by atoms with E-state index in [0.717, 1.165) is 19.5 Å². The minimum atomic E-state index is -0.340. The molecule has 6 nitrogen and oxygen atoms in total. The van der Waals surface area contributed by atoms with Crippen molar-refractivity contribution < 1.29 is 9.59 Å². The second-order valence-electron chi connectivity index (χ2n) is 7.28. The van der Waals surface area contributed by atoms with Crippen LogP contribution in [0.3, 0.4) is 0 Å². The van der Waals surface area contributed by atoms with E-state index in [-0.39, 0.29) is 24.3 Å². The number of para-hydroxylation sites is 1. The summed E-state index contributed by atoms with van der Waals surface area (Å²) in [5.74, 6) is 0.0463. The lowest BCUT2D eigenvalue weighted by Crippen LogP contribution is -2.56. The number of nitrogens with one attached hydrogen (secondary N) is 2. The molecule has 4 rings (SSSR count). The molecule has 2 N–H and O–H groups in total. The highest BCUT2D eigenvalue weighted by atomic mass is 16.2. The van der Waals surface area contributed by atoms with Crippen LogP contribution in [0, 0.1) is 6.92 Å².